The smallest absolute Gasteiger partial charge is 0.0471 e. The van der Waals surface area contributed by atoms with Crippen LogP contribution in [-0.2, 0) is 10.8 Å². The summed E-state index contributed by atoms with van der Waals surface area (Å²) < 4.78 is 10.9. The lowest BCUT2D eigenvalue weighted by Crippen LogP contribution is -2.32. The van der Waals surface area contributed by atoms with Gasteiger partial charge in [-0.05, 0) is 32.2 Å². The van der Waals surface area contributed by atoms with Crippen molar-refractivity contribution in [2.45, 2.75) is 25.8 Å². The first-order valence-electron chi connectivity index (χ1n) is 5.28. The minimum atomic E-state index is -0.673. The monoisotopic (exact) mass is 219 g/mol. The van der Waals surface area contributed by atoms with Gasteiger partial charge in [-0.25, -0.2) is 0 Å². The molecule has 0 radical (unpaired) electrons. The fraction of sp³-hybridized carbons (Fsp3) is 1.00. The van der Waals surface area contributed by atoms with E-state index >= 15 is 0 Å². The first-order chi connectivity index (χ1) is 6.63. The van der Waals surface area contributed by atoms with Crippen LogP contribution in [0.2, 0.25) is 0 Å². The van der Waals surface area contributed by atoms with Crippen LogP contribution in [0.5, 0.6) is 0 Å². The van der Waals surface area contributed by atoms with E-state index in [-0.39, 0.29) is 0 Å². The van der Waals surface area contributed by atoms with Gasteiger partial charge < -0.3 is 10.0 Å². The highest BCUT2D eigenvalue weighted by molar-refractivity contribution is 7.84. The van der Waals surface area contributed by atoms with E-state index in [9.17, 15) is 4.21 Å². The van der Waals surface area contributed by atoms with Gasteiger partial charge in [0.05, 0.1) is 0 Å². The molecule has 4 heteroatoms. The molecule has 3 atom stereocenters. The first-order valence-corrected chi connectivity index (χ1v) is 7.01. The maximum Gasteiger partial charge on any atom is 0.0471 e. The number of aliphatic hydroxyl groups excluding tert-OH is 1. The summed E-state index contributed by atoms with van der Waals surface area (Å²) >= 11 is 0. The predicted octanol–water partition coefficient (Wildman–Crippen LogP) is 0.458. The molecular weight excluding hydrogens is 198 g/mol. The van der Waals surface area contributed by atoms with Crippen LogP contribution in [0.3, 0.4) is 0 Å². The highest BCUT2D eigenvalue weighted by atomic mass is 32.2. The summed E-state index contributed by atoms with van der Waals surface area (Å²) in [5.74, 6) is 1.26. The van der Waals surface area contributed by atoms with Gasteiger partial charge in [0.1, 0.15) is 0 Å². The standard InChI is InChI=1S/C10H21NO2S/c1-9(4-6-14(2)13)11-5-3-10(7-11)8-12/h9-10,12H,3-8H2,1-2H3. The largest absolute Gasteiger partial charge is 0.396 e. The van der Waals surface area contributed by atoms with Crippen molar-refractivity contribution in [3.63, 3.8) is 0 Å². The van der Waals surface area contributed by atoms with Crippen molar-refractivity contribution in [3.05, 3.63) is 0 Å². The minimum absolute atomic E-state index is 0.308. The highest BCUT2D eigenvalue weighted by Crippen LogP contribution is 2.19. The average molecular weight is 219 g/mol. The van der Waals surface area contributed by atoms with Crippen LogP contribution in [0, 0.1) is 5.92 Å². The Hall–Kier alpha value is 0.0700. The van der Waals surface area contributed by atoms with E-state index in [1.165, 1.54) is 0 Å². The van der Waals surface area contributed by atoms with Crippen molar-refractivity contribution in [1.82, 2.24) is 4.90 Å². The number of hydrogen-bond acceptors (Lipinski definition) is 3. The van der Waals surface area contributed by atoms with Crippen LogP contribution >= 0.6 is 0 Å². The van der Waals surface area contributed by atoms with E-state index in [1.54, 1.807) is 6.26 Å². The van der Waals surface area contributed by atoms with Crippen LogP contribution in [-0.4, -0.2) is 52.0 Å². The lowest BCUT2D eigenvalue weighted by atomic mass is 10.1. The van der Waals surface area contributed by atoms with E-state index in [1.807, 2.05) is 0 Å². The molecule has 84 valence electrons. The molecule has 1 saturated heterocycles. The Kier molecular flexibility index (Phi) is 5.06. The van der Waals surface area contributed by atoms with E-state index in [2.05, 4.69) is 11.8 Å². The van der Waals surface area contributed by atoms with Gasteiger partial charge in [0, 0.05) is 42.0 Å². The van der Waals surface area contributed by atoms with E-state index < -0.39 is 10.8 Å². The molecule has 0 amide bonds. The molecule has 0 aromatic carbocycles. The van der Waals surface area contributed by atoms with E-state index in [0.29, 0.717) is 18.6 Å². The zero-order chi connectivity index (χ0) is 10.6. The van der Waals surface area contributed by atoms with Gasteiger partial charge >= 0.3 is 0 Å². The van der Waals surface area contributed by atoms with Crippen LogP contribution < -0.4 is 0 Å². The molecule has 1 N–H and O–H groups in total. The van der Waals surface area contributed by atoms with Crippen molar-refractivity contribution in [2.75, 3.05) is 31.7 Å². The van der Waals surface area contributed by atoms with Crippen LogP contribution in [0.25, 0.3) is 0 Å². The molecule has 1 rings (SSSR count). The second kappa shape index (κ2) is 5.83. The fourth-order valence-corrected chi connectivity index (χ4v) is 2.60. The van der Waals surface area contributed by atoms with Gasteiger partial charge in [-0.3, -0.25) is 4.21 Å². The molecule has 3 nitrogen and oxygen atoms in total. The van der Waals surface area contributed by atoms with Gasteiger partial charge in [0.15, 0.2) is 0 Å². The maximum absolute atomic E-state index is 10.9. The summed E-state index contributed by atoms with van der Waals surface area (Å²) in [6, 6.07) is 0.510. The number of aliphatic hydroxyl groups is 1. The normalized spacial score (nSPS) is 27.8. The molecule has 0 aromatic heterocycles. The number of nitrogens with zero attached hydrogens (tertiary/aromatic N) is 1. The van der Waals surface area contributed by atoms with Crippen molar-refractivity contribution < 1.29 is 9.32 Å². The summed E-state index contributed by atoms with van der Waals surface area (Å²) in [6.45, 7) is 4.59. The van der Waals surface area contributed by atoms with E-state index in [0.717, 1.165) is 31.7 Å². The lowest BCUT2D eigenvalue weighted by Gasteiger charge is -2.23. The zero-order valence-corrected chi connectivity index (χ0v) is 9.92. The Morgan fingerprint density at radius 3 is 2.86 bits per heavy atom. The Morgan fingerprint density at radius 2 is 2.36 bits per heavy atom. The molecule has 14 heavy (non-hydrogen) atoms. The third-order valence-corrected chi connectivity index (χ3v) is 3.83. The van der Waals surface area contributed by atoms with Crippen molar-refractivity contribution in [1.29, 1.82) is 0 Å². The highest BCUT2D eigenvalue weighted by Gasteiger charge is 2.25. The number of likely N-dealkylation sites (tertiary alicyclic amines) is 1. The van der Waals surface area contributed by atoms with Crippen LogP contribution in [0.15, 0.2) is 0 Å². The minimum Gasteiger partial charge on any atom is -0.396 e. The molecule has 1 aliphatic rings. The summed E-state index contributed by atoms with van der Waals surface area (Å²) in [4.78, 5) is 2.40. The Morgan fingerprint density at radius 1 is 1.64 bits per heavy atom. The van der Waals surface area contributed by atoms with Crippen LogP contribution in [0.1, 0.15) is 19.8 Å². The second-order valence-electron chi connectivity index (χ2n) is 4.25. The Bertz CT molecular complexity index is 199. The van der Waals surface area contributed by atoms with Crippen molar-refractivity contribution in [2.24, 2.45) is 5.92 Å². The topological polar surface area (TPSA) is 40.5 Å². The average Bonchev–Trinajstić information content (AvgIpc) is 2.62. The molecule has 1 aliphatic heterocycles. The van der Waals surface area contributed by atoms with Gasteiger partial charge in [-0.1, -0.05) is 0 Å². The van der Waals surface area contributed by atoms with Gasteiger partial charge in [0.25, 0.3) is 0 Å². The summed E-state index contributed by atoms with van der Waals surface area (Å²) in [7, 11) is -0.673. The summed E-state index contributed by atoms with van der Waals surface area (Å²) in [5.41, 5.74) is 0. The fourth-order valence-electron chi connectivity index (χ4n) is 1.93. The van der Waals surface area contributed by atoms with Gasteiger partial charge in [-0.15, -0.1) is 0 Å². The molecule has 0 spiro atoms. The van der Waals surface area contributed by atoms with E-state index in [4.69, 9.17) is 5.11 Å². The summed E-state index contributed by atoms with van der Waals surface area (Å²) in [5, 5.41) is 9.01. The van der Waals surface area contributed by atoms with Crippen LogP contribution in [0.4, 0.5) is 0 Å². The molecule has 0 bridgehead atoms. The number of hydrogen-bond donors (Lipinski definition) is 1. The Labute approximate surface area is 88.9 Å². The molecule has 1 fully saturated rings. The molecule has 3 unspecified atom stereocenters. The maximum atomic E-state index is 10.9. The zero-order valence-electron chi connectivity index (χ0n) is 9.11. The molecule has 0 aromatic rings. The SMILES string of the molecule is CC(CCS(C)=O)N1CCC(CO)C1. The van der Waals surface area contributed by atoms with Crippen molar-refractivity contribution in [3.8, 4) is 0 Å². The van der Waals surface area contributed by atoms with Gasteiger partial charge in [-0.2, -0.15) is 0 Å². The quantitative estimate of drug-likeness (QED) is 0.730. The van der Waals surface area contributed by atoms with Gasteiger partial charge in [0.2, 0.25) is 0 Å². The number of rotatable bonds is 5. The Balaban J connectivity index is 2.24. The summed E-state index contributed by atoms with van der Waals surface area (Å²) in [6.07, 6.45) is 3.87. The predicted molar refractivity (Wildman–Crippen MR) is 59.8 cm³/mol. The first kappa shape index (κ1) is 12.1. The third kappa shape index (κ3) is 3.67. The molecule has 0 aliphatic carbocycles. The van der Waals surface area contributed by atoms with Crippen molar-refractivity contribution >= 4 is 10.8 Å². The third-order valence-electron chi connectivity index (χ3n) is 3.02. The molecular formula is C10H21NO2S. The molecule has 0 saturated carbocycles. The second-order valence-corrected chi connectivity index (χ2v) is 5.80. The lowest BCUT2D eigenvalue weighted by molar-refractivity contribution is 0.202. The molecule has 1 heterocycles.